The Morgan fingerprint density at radius 3 is 2.31 bits per heavy atom. The Bertz CT molecular complexity index is 465. The van der Waals surface area contributed by atoms with E-state index >= 15 is 0 Å². The maximum absolute atomic E-state index is 5.77. The van der Waals surface area contributed by atoms with Crippen LogP contribution in [0.1, 0.15) is 5.56 Å². The quantitative estimate of drug-likeness (QED) is 0.582. The molecule has 16 heavy (non-hydrogen) atoms. The second-order valence-electron chi connectivity index (χ2n) is 3.19. The van der Waals surface area contributed by atoms with Crippen molar-refractivity contribution in [1.82, 2.24) is 0 Å². The molecule has 0 aliphatic heterocycles. The molecule has 2 aromatic carbocycles. The summed E-state index contributed by atoms with van der Waals surface area (Å²) in [5.41, 5.74) is 0.945. The molecule has 2 aromatic rings. The van der Waals surface area contributed by atoms with Crippen molar-refractivity contribution in [2.45, 2.75) is 0 Å². The number of nitrogens with zero attached hydrogens (tertiary/aromatic N) is 1. The van der Waals surface area contributed by atoms with Crippen LogP contribution in [-0.4, -0.2) is 6.21 Å². The van der Waals surface area contributed by atoms with E-state index in [4.69, 9.17) is 16.4 Å². The number of oxime groups is 1. The molecule has 0 unspecified atom stereocenters. The van der Waals surface area contributed by atoms with Crippen LogP contribution in [-0.2, 0) is 0 Å². The van der Waals surface area contributed by atoms with Gasteiger partial charge in [0.2, 0.25) is 0 Å². The number of hydrogen-bond acceptors (Lipinski definition) is 2. The minimum Gasteiger partial charge on any atom is -0.357 e. The number of benzene rings is 2. The van der Waals surface area contributed by atoms with Gasteiger partial charge in [0.05, 0.1) is 6.21 Å². The van der Waals surface area contributed by atoms with Crippen LogP contribution < -0.4 is 4.84 Å². The molecule has 2 rings (SSSR count). The van der Waals surface area contributed by atoms with Gasteiger partial charge in [0.15, 0.2) is 5.75 Å². The molecule has 0 aromatic heterocycles. The van der Waals surface area contributed by atoms with E-state index < -0.39 is 0 Å². The second-order valence-corrected chi connectivity index (χ2v) is 3.63. The lowest BCUT2D eigenvalue weighted by molar-refractivity contribution is 0.344. The van der Waals surface area contributed by atoms with Crippen molar-refractivity contribution < 1.29 is 4.84 Å². The summed E-state index contributed by atoms with van der Waals surface area (Å²) < 4.78 is 0. The van der Waals surface area contributed by atoms with E-state index in [2.05, 4.69) is 5.16 Å². The molecule has 0 spiro atoms. The van der Waals surface area contributed by atoms with Crippen molar-refractivity contribution in [3.63, 3.8) is 0 Å². The lowest BCUT2D eigenvalue weighted by Crippen LogP contribution is -1.86. The highest BCUT2D eigenvalue weighted by Crippen LogP contribution is 2.10. The monoisotopic (exact) mass is 231 g/mol. The molecule has 0 saturated carbocycles. The van der Waals surface area contributed by atoms with Gasteiger partial charge in [0, 0.05) is 5.02 Å². The summed E-state index contributed by atoms with van der Waals surface area (Å²) in [6.45, 7) is 0. The Kier molecular flexibility index (Phi) is 3.57. The average molecular weight is 232 g/mol. The first kappa shape index (κ1) is 10.7. The molecule has 0 atom stereocenters. The predicted molar refractivity (Wildman–Crippen MR) is 66.1 cm³/mol. The van der Waals surface area contributed by atoms with E-state index in [1.54, 1.807) is 6.21 Å². The number of rotatable bonds is 3. The zero-order valence-corrected chi connectivity index (χ0v) is 9.26. The Labute approximate surface area is 99.1 Å². The van der Waals surface area contributed by atoms with Gasteiger partial charge in [0.25, 0.3) is 0 Å². The molecule has 0 N–H and O–H groups in total. The van der Waals surface area contributed by atoms with Gasteiger partial charge in [-0.1, -0.05) is 47.1 Å². The van der Waals surface area contributed by atoms with Crippen molar-refractivity contribution in [3.8, 4) is 5.75 Å². The van der Waals surface area contributed by atoms with Gasteiger partial charge < -0.3 is 4.84 Å². The van der Waals surface area contributed by atoms with Crippen molar-refractivity contribution in [1.29, 1.82) is 0 Å². The highest BCUT2D eigenvalue weighted by Gasteiger charge is 1.90. The molecular formula is C13H10ClNO. The maximum atomic E-state index is 5.77. The van der Waals surface area contributed by atoms with Crippen LogP contribution >= 0.6 is 11.6 Å². The molecule has 2 nitrogen and oxygen atoms in total. The van der Waals surface area contributed by atoms with Gasteiger partial charge in [-0.2, -0.15) is 0 Å². The Morgan fingerprint density at radius 1 is 0.938 bits per heavy atom. The summed E-state index contributed by atoms with van der Waals surface area (Å²) in [5, 5.41) is 4.58. The standard InChI is InChI=1S/C13H10ClNO/c14-12-8-6-11(7-9-12)10-15-16-13-4-2-1-3-5-13/h1-10H. The Balaban J connectivity index is 1.98. The van der Waals surface area contributed by atoms with Crippen molar-refractivity contribution >= 4 is 17.8 Å². The SMILES string of the molecule is Clc1ccc(C=NOc2ccccc2)cc1. The van der Waals surface area contributed by atoms with Crippen molar-refractivity contribution in [2.75, 3.05) is 0 Å². The van der Waals surface area contributed by atoms with Crippen molar-refractivity contribution in [3.05, 3.63) is 65.2 Å². The molecule has 0 fully saturated rings. The topological polar surface area (TPSA) is 21.6 Å². The molecule has 0 aliphatic carbocycles. The normalized spacial score (nSPS) is 10.6. The summed E-state index contributed by atoms with van der Waals surface area (Å²) in [5.74, 6) is 0.715. The van der Waals surface area contributed by atoms with Crippen LogP contribution in [0.2, 0.25) is 5.02 Å². The third-order valence-corrected chi connectivity index (χ3v) is 2.23. The van der Waals surface area contributed by atoms with E-state index in [1.165, 1.54) is 0 Å². The third-order valence-electron chi connectivity index (χ3n) is 1.97. The van der Waals surface area contributed by atoms with Gasteiger partial charge in [-0.3, -0.25) is 0 Å². The maximum Gasteiger partial charge on any atom is 0.157 e. The van der Waals surface area contributed by atoms with E-state index in [1.807, 2.05) is 54.6 Å². The summed E-state index contributed by atoms with van der Waals surface area (Å²) in [4.78, 5) is 5.18. The van der Waals surface area contributed by atoms with E-state index in [-0.39, 0.29) is 0 Å². The van der Waals surface area contributed by atoms with E-state index in [0.29, 0.717) is 10.8 Å². The molecule has 0 aliphatic rings. The summed E-state index contributed by atoms with van der Waals surface area (Å²) >= 11 is 5.77. The van der Waals surface area contributed by atoms with Crippen LogP contribution in [0.25, 0.3) is 0 Å². The van der Waals surface area contributed by atoms with Crippen LogP contribution in [0.3, 0.4) is 0 Å². The Morgan fingerprint density at radius 2 is 1.62 bits per heavy atom. The summed E-state index contributed by atoms with van der Waals surface area (Å²) in [6.07, 6.45) is 1.64. The molecule has 0 amide bonds. The van der Waals surface area contributed by atoms with Gasteiger partial charge >= 0.3 is 0 Å². The highest BCUT2D eigenvalue weighted by atomic mass is 35.5. The predicted octanol–water partition coefficient (Wildman–Crippen LogP) is 3.75. The molecule has 0 radical (unpaired) electrons. The van der Waals surface area contributed by atoms with Crippen LogP contribution in [0.15, 0.2) is 59.8 Å². The molecule has 3 heteroatoms. The molecular weight excluding hydrogens is 222 g/mol. The van der Waals surface area contributed by atoms with Crippen LogP contribution in [0.4, 0.5) is 0 Å². The smallest absolute Gasteiger partial charge is 0.157 e. The largest absolute Gasteiger partial charge is 0.357 e. The minimum atomic E-state index is 0.709. The first-order valence-electron chi connectivity index (χ1n) is 4.85. The minimum absolute atomic E-state index is 0.709. The average Bonchev–Trinajstić information content (AvgIpc) is 2.33. The zero-order chi connectivity index (χ0) is 11.2. The van der Waals surface area contributed by atoms with Crippen LogP contribution in [0, 0.1) is 0 Å². The van der Waals surface area contributed by atoms with Gasteiger partial charge in [-0.25, -0.2) is 0 Å². The molecule has 0 heterocycles. The van der Waals surface area contributed by atoms with Gasteiger partial charge in [0.1, 0.15) is 0 Å². The second kappa shape index (κ2) is 5.33. The molecule has 0 saturated heterocycles. The summed E-state index contributed by atoms with van der Waals surface area (Å²) in [7, 11) is 0. The fourth-order valence-electron chi connectivity index (χ4n) is 1.18. The first-order chi connectivity index (χ1) is 7.84. The first-order valence-corrected chi connectivity index (χ1v) is 5.23. The fraction of sp³-hybridized carbons (Fsp3) is 0. The Hall–Kier alpha value is -1.80. The van der Waals surface area contributed by atoms with Crippen molar-refractivity contribution in [2.24, 2.45) is 5.16 Å². The molecule has 0 bridgehead atoms. The zero-order valence-electron chi connectivity index (χ0n) is 8.51. The lowest BCUT2D eigenvalue weighted by atomic mass is 10.2. The fourth-order valence-corrected chi connectivity index (χ4v) is 1.30. The van der Waals surface area contributed by atoms with E-state index in [0.717, 1.165) is 5.56 Å². The number of hydrogen-bond donors (Lipinski definition) is 0. The van der Waals surface area contributed by atoms with Gasteiger partial charge in [-0.15, -0.1) is 0 Å². The van der Waals surface area contributed by atoms with Crippen LogP contribution in [0.5, 0.6) is 5.75 Å². The number of para-hydroxylation sites is 1. The van der Waals surface area contributed by atoms with Gasteiger partial charge in [-0.05, 0) is 29.8 Å². The highest BCUT2D eigenvalue weighted by molar-refractivity contribution is 6.30. The molecule has 80 valence electrons. The lowest BCUT2D eigenvalue weighted by Gasteiger charge is -1.96. The van der Waals surface area contributed by atoms with E-state index in [9.17, 15) is 0 Å². The summed E-state index contributed by atoms with van der Waals surface area (Å²) in [6, 6.07) is 16.8. The number of halogens is 1. The third kappa shape index (κ3) is 3.11.